The van der Waals surface area contributed by atoms with Crippen LogP contribution in [-0.2, 0) is 0 Å². The second kappa shape index (κ2) is 11.7. The third-order valence-electron chi connectivity index (χ3n) is 7.20. The molecule has 4 rings (SSSR count). The Kier molecular flexibility index (Phi) is 8.44. The zero-order chi connectivity index (χ0) is 25.7. The zero-order valence-corrected chi connectivity index (χ0v) is 21.7. The number of carbonyl (C=O) groups is 2. The molecule has 9 heteroatoms. The van der Waals surface area contributed by atoms with Gasteiger partial charge in [-0.15, -0.1) is 0 Å². The lowest BCUT2D eigenvalue weighted by atomic mass is 9.97. The van der Waals surface area contributed by atoms with Crippen LogP contribution in [0, 0.1) is 11.3 Å². The molecule has 1 aromatic carbocycles. The molecule has 190 valence electrons. The van der Waals surface area contributed by atoms with E-state index < -0.39 is 0 Å². The van der Waals surface area contributed by atoms with Crippen molar-refractivity contribution in [2.75, 3.05) is 44.2 Å². The molecule has 2 aliphatic rings. The molecule has 1 aromatic heterocycles. The van der Waals surface area contributed by atoms with Gasteiger partial charge in [-0.25, -0.2) is 4.98 Å². The lowest BCUT2D eigenvalue weighted by molar-refractivity contribution is 0.0490. The first kappa shape index (κ1) is 25.9. The van der Waals surface area contributed by atoms with Crippen molar-refractivity contribution in [1.29, 1.82) is 5.26 Å². The van der Waals surface area contributed by atoms with E-state index in [1.165, 1.54) is 0 Å². The number of nitrogens with one attached hydrogen (secondary N) is 1. The largest absolute Gasteiger partial charge is 0.353 e. The number of likely N-dealkylation sites (tertiary alicyclic amines) is 1. The van der Waals surface area contributed by atoms with Crippen molar-refractivity contribution in [3.05, 3.63) is 58.2 Å². The van der Waals surface area contributed by atoms with Gasteiger partial charge in [0.1, 0.15) is 5.82 Å². The number of amides is 2. The van der Waals surface area contributed by atoms with Crippen LogP contribution in [0.25, 0.3) is 0 Å². The number of hydrogen-bond acceptors (Lipinski definition) is 6. The van der Waals surface area contributed by atoms with E-state index in [2.05, 4.69) is 33.1 Å². The fraction of sp³-hybridized carbons (Fsp3) is 0.481. The molecule has 2 amide bonds. The Morgan fingerprint density at radius 2 is 1.83 bits per heavy atom. The molecule has 8 nitrogen and oxygen atoms in total. The summed E-state index contributed by atoms with van der Waals surface area (Å²) in [6.45, 7) is 8.65. The molecule has 0 unspecified atom stereocenters. The van der Waals surface area contributed by atoms with Gasteiger partial charge in [0.25, 0.3) is 11.8 Å². The second-order valence-corrected chi connectivity index (χ2v) is 9.75. The standard InChI is InChI=1S/C27H33ClN6O2/c1-3-22-18-33(25-24(28)15-21(17-31-25)26(35)30-4-2)13-14-34(22)23-9-11-32(12-10-23)27(36)20-7-5-19(16-29)6-8-20/h5-8,15,17,22-23H,3-4,9-14,18H2,1-2H3,(H,30,35)/t22-/m0/s1. The molecule has 0 spiro atoms. The average Bonchev–Trinajstić information content (AvgIpc) is 2.92. The molecule has 36 heavy (non-hydrogen) atoms. The highest BCUT2D eigenvalue weighted by molar-refractivity contribution is 6.33. The van der Waals surface area contributed by atoms with Crippen LogP contribution in [0.5, 0.6) is 0 Å². The maximum Gasteiger partial charge on any atom is 0.253 e. The Morgan fingerprint density at radius 1 is 1.11 bits per heavy atom. The molecule has 1 atom stereocenters. The smallest absolute Gasteiger partial charge is 0.253 e. The molecule has 2 aromatic rings. The fourth-order valence-electron chi connectivity index (χ4n) is 5.23. The van der Waals surface area contributed by atoms with Gasteiger partial charge in [-0.3, -0.25) is 14.5 Å². The van der Waals surface area contributed by atoms with Crippen LogP contribution >= 0.6 is 11.6 Å². The van der Waals surface area contributed by atoms with E-state index >= 15 is 0 Å². The summed E-state index contributed by atoms with van der Waals surface area (Å²) in [6.07, 6.45) is 4.49. The maximum atomic E-state index is 12.9. The van der Waals surface area contributed by atoms with E-state index in [0.717, 1.165) is 57.8 Å². The van der Waals surface area contributed by atoms with E-state index in [9.17, 15) is 9.59 Å². The lowest BCUT2D eigenvalue weighted by Gasteiger charge is -2.47. The fourth-order valence-corrected chi connectivity index (χ4v) is 5.51. The SMILES string of the molecule is CCNC(=O)c1cnc(N2CCN(C3CCN(C(=O)c4ccc(C#N)cc4)CC3)[C@@H](CC)C2)c(Cl)c1. The summed E-state index contributed by atoms with van der Waals surface area (Å²) in [4.78, 5) is 36.3. The summed E-state index contributed by atoms with van der Waals surface area (Å²) >= 11 is 6.54. The number of aromatic nitrogens is 1. The molecule has 3 heterocycles. The molecule has 0 saturated carbocycles. The van der Waals surface area contributed by atoms with E-state index in [-0.39, 0.29) is 11.8 Å². The zero-order valence-electron chi connectivity index (χ0n) is 20.9. The monoisotopic (exact) mass is 508 g/mol. The Balaban J connectivity index is 1.35. The molecule has 1 N–H and O–H groups in total. The summed E-state index contributed by atoms with van der Waals surface area (Å²) in [5, 5.41) is 12.2. The first-order valence-electron chi connectivity index (χ1n) is 12.7. The van der Waals surface area contributed by atoms with Gasteiger partial charge in [-0.05, 0) is 56.5 Å². The minimum absolute atomic E-state index is 0.0339. The highest BCUT2D eigenvalue weighted by atomic mass is 35.5. The van der Waals surface area contributed by atoms with Gasteiger partial charge < -0.3 is 15.1 Å². The normalized spacial score (nSPS) is 19.1. The average molecular weight is 509 g/mol. The van der Waals surface area contributed by atoms with Crippen LogP contribution in [0.3, 0.4) is 0 Å². The molecule has 2 fully saturated rings. The van der Waals surface area contributed by atoms with Crippen molar-refractivity contribution in [3.63, 3.8) is 0 Å². The molecule has 0 radical (unpaired) electrons. The van der Waals surface area contributed by atoms with Gasteiger partial charge in [0.15, 0.2) is 0 Å². The first-order chi connectivity index (χ1) is 17.4. The number of nitrogens with zero attached hydrogens (tertiary/aromatic N) is 5. The number of piperidine rings is 1. The van der Waals surface area contributed by atoms with Crippen LogP contribution in [-0.4, -0.2) is 78.0 Å². The molecule has 2 saturated heterocycles. The predicted octanol–water partition coefficient (Wildman–Crippen LogP) is 3.56. The second-order valence-electron chi connectivity index (χ2n) is 9.35. The number of piperazine rings is 1. The predicted molar refractivity (Wildman–Crippen MR) is 140 cm³/mol. The molecule has 2 aliphatic heterocycles. The van der Waals surface area contributed by atoms with Crippen molar-refractivity contribution >= 4 is 29.2 Å². The number of rotatable bonds is 6. The van der Waals surface area contributed by atoms with Crippen LogP contribution in [0.2, 0.25) is 5.02 Å². The van der Waals surface area contributed by atoms with Gasteiger partial charge in [-0.1, -0.05) is 18.5 Å². The Bertz CT molecular complexity index is 1120. The van der Waals surface area contributed by atoms with Gasteiger partial charge in [-0.2, -0.15) is 5.26 Å². The first-order valence-corrected chi connectivity index (χ1v) is 13.1. The van der Waals surface area contributed by atoms with Gasteiger partial charge in [0.05, 0.1) is 22.2 Å². The summed E-state index contributed by atoms with van der Waals surface area (Å²) in [5.41, 5.74) is 1.66. The number of nitriles is 1. The summed E-state index contributed by atoms with van der Waals surface area (Å²) in [6, 6.07) is 11.5. The maximum absolute atomic E-state index is 12.9. The molecular weight excluding hydrogens is 476 g/mol. The van der Waals surface area contributed by atoms with Crippen molar-refractivity contribution in [3.8, 4) is 6.07 Å². The highest BCUT2D eigenvalue weighted by Crippen LogP contribution is 2.29. The molecule has 0 aliphatic carbocycles. The summed E-state index contributed by atoms with van der Waals surface area (Å²) < 4.78 is 0. The number of halogens is 1. The minimum atomic E-state index is -0.168. The van der Waals surface area contributed by atoms with Crippen LogP contribution < -0.4 is 10.2 Å². The van der Waals surface area contributed by atoms with Gasteiger partial charge in [0.2, 0.25) is 0 Å². The number of anilines is 1. The summed E-state index contributed by atoms with van der Waals surface area (Å²) in [7, 11) is 0. The van der Waals surface area contributed by atoms with Crippen LogP contribution in [0.15, 0.2) is 36.5 Å². The van der Waals surface area contributed by atoms with Crippen molar-refractivity contribution in [2.24, 2.45) is 0 Å². The quantitative estimate of drug-likeness (QED) is 0.641. The van der Waals surface area contributed by atoms with E-state index in [1.54, 1.807) is 36.5 Å². The van der Waals surface area contributed by atoms with Crippen molar-refractivity contribution in [1.82, 2.24) is 20.1 Å². The molecule has 0 bridgehead atoms. The number of benzene rings is 1. The minimum Gasteiger partial charge on any atom is -0.353 e. The van der Waals surface area contributed by atoms with Gasteiger partial charge in [0, 0.05) is 63.1 Å². The number of hydrogen-bond donors (Lipinski definition) is 1. The van der Waals surface area contributed by atoms with Crippen molar-refractivity contribution in [2.45, 2.75) is 45.2 Å². The van der Waals surface area contributed by atoms with Gasteiger partial charge >= 0.3 is 0 Å². The third-order valence-corrected chi connectivity index (χ3v) is 7.48. The Labute approximate surface area is 217 Å². The summed E-state index contributed by atoms with van der Waals surface area (Å²) in [5.74, 6) is 0.593. The van der Waals surface area contributed by atoms with E-state index in [4.69, 9.17) is 16.9 Å². The topological polar surface area (TPSA) is 92.6 Å². The Hall–Kier alpha value is -3.15. The Morgan fingerprint density at radius 3 is 2.44 bits per heavy atom. The highest BCUT2D eigenvalue weighted by Gasteiger charge is 2.35. The molecular formula is C27H33ClN6O2. The van der Waals surface area contributed by atoms with E-state index in [0.29, 0.717) is 40.3 Å². The number of carbonyl (C=O) groups excluding carboxylic acids is 2. The van der Waals surface area contributed by atoms with Crippen LogP contribution in [0.1, 0.15) is 59.4 Å². The van der Waals surface area contributed by atoms with E-state index in [1.807, 2.05) is 11.8 Å². The van der Waals surface area contributed by atoms with Crippen molar-refractivity contribution < 1.29 is 9.59 Å². The van der Waals surface area contributed by atoms with Crippen LogP contribution in [0.4, 0.5) is 5.82 Å². The number of pyridine rings is 1. The lowest BCUT2D eigenvalue weighted by Crippen LogP contribution is -2.58. The third kappa shape index (κ3) is 5.63.